The summed E-state index contributed by atoms with van der Waals surface area (Å²) in [6, 6.07) is 8.83. The molecule has 2 N–H and O–H groups in total. The average Bonchev–Trinajstić information content (AvgIpc) is 2.39. The molecule has 0 amide bonds. The summed E-state index contributed by atoms with van der Waals surface area (Å²) in [6.45, 7) is 7.07. The normalized spacial score (nSPS) is 21.4. The van der Waals surface area contributed by atoms with E-state index in [9.17, 15) is 0 Å². The monoisotopic (exact) mass is 262 g/mol. The molecule has 2 unspecified atom stereocenters. The molecule has 1 aliphatic heterocycles. The number of anilines is 1. The van der Waals surface area contributed by atoms with Crippen molar-refractivity contribution in [3.63, 3.8) is 0 Å². The van der Waals surface area contributed by atoms with Crippen LogP contribution in [-0.2, 0) is 11.2 Å². The molecule has 0 radical (unpaired) electrons. The van der Waals surface area contributed by atoms with Gasteiger partial charge in [0.1, 0.15) is 0 Å². The first-order valence-corrected chi connectivity index (χ1v) is 7.40. The van der Waals surface area contributed by atoms with E-state index in [0.717, 1.165) is 26.1 Å². The van der Waals surface area contributed by atoms with Crippen LogP contribution in [0.2, 0.25) is 0 Å². The van der Waals surface area contributed by atoms with E-state index in [4.69, 9.17) is 10.5 Å². The second-order valence-electron chi connectivity index (χ2n) is 5.48. The van der Waals surface area contributed by atoms with Crippen molar-refractivity contribution in [2.24, 2.45) is 5.73 Å². The molecule has 1 fully saturated rings. The van der Waals surface area contributed by atoms with Crippen LogP contribution in [0.1, 0.15) is 32.3 Å². The summed E-state index contributed by atoms with van der Waals surface area (Å²) in [7, 11) is 0. The van der Waals surface area contributed by atoms with Gasteiger partial charge in [-0.15, -0.1) is 0 Å². The molecule has 1 saturated heterocycles. The molecule has 1 aromatic rings. The molecule has 1 aromatic carbocycles. The molecule has 3 nitrogen and oxygen atoms in total. The largest absolute Gasteiger partial charge is 0.377 e. The lowest BCUT2D eigenvalue weighted by atomic mass is 10.0. The Balaban J connectivity index is 2.11. The molecule has 106 valence electrons. The molecule has 2 atom stereocenters. The Kier molecular flexibility index (Phi) is 5.23. The second kappa shape index (κ2) is 6.92. The summed E-state index contributed by atoms with van der Waals surface area (Å²) >= 11 is 0. The number of ether oxygens (including phenoxy) is 1. The number of hydrogen-bond acceptors (Lipinski definition) is 3. The smallest absolute Gasteiger partial charge is 0.0750 e. The van der Waals surface area contributed by atoms with Crippen molar-refractivity contribution in [2.45, 2.75) is 45.3 Å². The molecule has 19 heavy (non-hydrogen) atoms. The topological polar surface area (TPSA) is 38.5 Å². The van der Waals surface area contributed by atoms with Crippen molar-refractivity contribution < 1.29 is 4.74 Å². The Labute approximate surface area is 116 Å². The summed E-state index contributed by atoms with van der Waals surface area (Å²) < 4.78 is 5.79. The van der Waals surface area contributed by atoms with Crippen LogP contribution in [0, 0.1) is 0 Å². The summed E-state index contributed by atoms with van der Waals surface area (Å²) in [5.74, 6) is 0. The van der Waals surface area contributed by atoms with Crippen LogP contribution in [0.25, 0.3) is 0 Å². The minimum absolute atomic E-state index is 0.202. The van der Waals surface area contributed by atoms with Crippen molar-refractivity contribution in [3.05, 3.63) is 29.8 Å². The van der Waals surface area contributed by atoms with Gasteiger partial charge in [-0.05, 0) is 44.7 Å². The molecule has 0 aliphatic carbocycles. The van der Waals surface area contributed by atoms with Crippen LogP contribution in [0.3, 0.4) is 0 Å². The first-order valence-electron chi connectivity index (χ1n) is 7.40. The van der Waals surface area contributed by atoms with E-state index in [1.165, 1.54) is 24.1 Å². The SMILES string of the molecule is CCOC1CCCN(c2ccccc2CC(C)N)C1. The lowest BCUT2D eigenvalue weighted by Gasteiger charge is -2.35. The van der Waals surface area contributed by atoms with Gasteiger partial charge in [-0.1, -0.05) is 18.2 Å². The Bertz CT molecular complexity index is 390. The fourth-order valence-electron chi connectivity index (χ4n) is 2.87. The van der Waals surface area contributed by atoms with Crippen LogP contribution >= 0.6 is 0 Å². The van der Waals surface area contributed by atoms with Gasteiger partial charge in [0.2, 0.25) is 0 Å². The maximum atomic E-state index is 5.95. The molecule has 2 rings (SSSR count). The third-order valence-corrected chi connectivity index (χ3v) is 3.65. The van der Waals surface area contributed by atoms with Gasteiger partial charge in [-0.2, -0.15) is 0 Å². The predicted octanol–water partition coefficient (Wildman–Crippen LogP) is 2.58. The lowest BCUT2D eigenvalue weighted by Crippen LogP contribution is -2.40. The molecule has 1 heterocycles. The highest BCUT2D eigenvalue weighted by Crippen LogP contribution is 2.25. The van der Waals surface area contributed by atoms with Crippen LogP contribution in [0.5, 0.6) is 0 Å². The van der Waals surface area contributed by atoms with Gasteiger partial charge in [0.25, 0.3) is 0 Å². The lowest BCUT2D eigenvalue weighted by molar-refractivity contribution is 0.0526. The highest BCUT2D eigenvalue weighted by atomic mass is 16.5. The van der Waals surface area contributed by atoms with E-state index in [2.05, 4.69) is 43.0 Å². The number of para-hydroxylation sites is 1. The second-order valence-corrected chi connectivity index (χ2v) is 5.48. The maximum absolute atomic E-state index is 5.95. The molecular formula is C16H26N2O. The van der Waals surface area contributed by atoms with E-state index in [0.29, 0.717) is 6.10 Å². The van der Waals surface area contributed by atoms with Crippen molar-refractivity contribution in [1.82, 2.24) is 0 Å². The van der Waals surface area contributed by atoms with E-state index >= 15 is 0 Å². The molecule has 0 bridgehead atoms. The van der Waals surface area contributed by atoms with Gasteiger partial charge < -0.3 is 15.4 Å². The Morgan fingerprint density at radius 2 is 2.21 bits per heavy atom. The van der Waals surface area contributed by atoms with Crippen molar-refractivity contribution >= 4 is 5.69 Å². The van der Waals surface area contributed by atoms with Crippen LogP contribution in [-0.4, -0.2) is 31.8 Å². The molecule has 0 saturated carbocycles. The van der Waals surface area contributed by atoms with E-state index < -0.39 is 0 Å². The zero-order valence-corrected chi connectivity index (χ0v) is 12.1. The third-order valence-electron chi connectivity index (χ3n) is 3.65. The zero-order valence-electron chi connectivity index (χ0n) is 12.1. The first kappa shape index (κ1) is 14.4. The van der Waals surface area contributed by atoms with E-state index in [1.807, 2.05) is 0 Å². The van der Waals surface area contributed by atoms with Gasteiger partial charge in [0.05, 0.1) is 6.10 Å². The summed E-state index contributed by atoms with van der Waals surface area (Å²) in [4.78, 5) is 2.46. The van der Waals surface area contributed by atoms with Crippen LogP contribution < -0.4 is 10.6 Å². The summed E-state index contributed by atoms with van der Waals surface area (Å²) in [6.07, 6.45) is 3.70. The van der Waals surface area contributed by atoms with Gasteiger partial charge in [-0.25, -0.2) is 0 Å². The molecular weight excluding hydrogens is 236 g/mol. The highest BCUT2D eigenvalue weighted by Gasteiger charge is 2.21. The number of rotatable bonds is 5. The summed E-state index contributed by atoms with van der Waals surface area (Å²) in [5.41, 5.74) is 8.65. The number of piperidine rings is 1. The van der Waals surface area contributed by atoms with Crippen LogP contribution in [0.15, 0.2) is 24.3 Å². The standard InChI is InChI=1S/C16H26N2O/c1-3-19-15-8-6-10-18(12-15)16-9-5-4-7-14(16)11-13(2)17/h4-5,7,9,13,15H,3,6,8,10-12,17H2,1-2H3. The number of nitrogens with two attached hydrogens (primary N) is 1. The number of nitrogens with zero attached hydrogens (tertiary/aromatic N) is 1. The fraction of sp³-hybridized carbons (Fsp3) is 0.625. The van der Waals surface area contributed by atoms with E-state index in [-0.39, 0.29) is 6.04 Å². The molecule has 0 aromatic heterocycles. The summed E-state index contributed by atoms with van der Waals surface area (Å²) in [5, 5.41) is 0. The third kappa shape index (κ3) is 3.95. The Hall–Kier alpha value is -1.06. The van der Waals surface area contributed by atoms with Crippen molar-refractivity contribution in [2.75, 3.05) is 24.6 Å². The van der Waals surface area contributed by atoms with Gasteiger partial charge in [0.15, 0.2) is 0 Å². The van der Waals surface area contributed by atoms with Crippen molar-refractivity contribution in [1.29, 1.82) is 0 Å². The maximum Gasteiger partial charge on any atom is 0.0750 e. The zero-order chi connectivity index (χ0) is 13.7. The molecule has 3 heteroatoms. The van der Waals surface area contributed by atoms with Gasteiger partial charge in [-0.3, -0.25) is 0 Å². The number of benzene rings is 1. The van der Waals surface area contributed by atoms with Crippen LogP contribution in [0.4, 0.5) is 5.69 Å². The number of hydrogen-bond donors (Lipinski definition) is 1. The fourth-order valence-corrected chi connectivity index (χ4v) is 2.87. The van der Waals surface area contributed by atoms with Gasteiger partial charge in [0, 0.05) is 31.4 Å². The Morgan fingerprint density at radius 1 is 1.42 bits per heavy atom. The predicted molar refractivity (Wildman–Crippen MR) is 80.7 cm³/mol. The molecule has 1 aliphatic rings. The minimum Gasteiger partial charge on any atom is -0.377 e. The highest BCUT2D eigenvalue weighted by molar-refractivity contribution is 5.54. The minimum atomic E-state index is 0.202. The van der Waals surface area contributed by atoms with Gasteiger partial charge >= 0.3 is 0 Å². The molecule has 0 spiro atoms. The van der Waals surface area contributed by atoms with Crippen molar-refractivity contribution in [3.8, 4) is 0 Å². The Morgan fingerprint density at radius 3 is 2.95 bits per heavy atom. The van der Waals surface area contributed by atoms with E-state index in [1.54, 1.807) is 0 Å². The first-order chi connectivity index (χ1) is 9.20. The average molecular weight is 262 g/mol. The quantitative estimate of drug-likeness (QED) is 0.886.